The van der Waals surface area contributed by atoms with Crippen molar-refractivity contribution in [3.63, 3.8) is 0 Å². The molecule has 0 aliphatic rings. The Morgan fingerprint density at radius 3 is 2.79 bits per heavy atom. The summed E-state index contributed by atoms with van der Waals surface area (Å²) in [5.41, 5.74) is 0.334. The van der Waals surface area contributed by atoms with Gasteiger partial charge in [0, 0.05) is 24.8 Å². The Balaban J connectivity index is 1.65. The molecule has 2 heterocycles. The lowest BCUT2D eigenvalue weighted by Crippen LogP contribution is -2.30. The third-order valence-electron chi connectivity index (χ3n) is 4.45. The van der Waals surface area contributed by atoms with E-state index in [0.717, 1.165) is 6.07 Å². The lowest BCUT2D eigenvalue weighted by molar-refractivity contribution is -0.122. The van der Waals surface area contributed by atoms with E-state index in [1.54, 1.807) is 6.20 Å². The molecule has 0 aliphatic carbocycles. The van der Waals surface area contributed by atoms with Gasteiger partial charge in [-0.2, -0.15) is 10.1 Å². The Bertz CT molecular complexity index is 1120. The summed E-state index contributed by atoms with van der Waals surface area (Å²) in [6.45, 7) is 4.46. The van der Waals surface area contributed by atoms with Gasteiger partial charge in [0.2, 0.25) is 11.9 Å². The molecular weight excluding hydrogens is 456 g/mol. The molecule has 1 amide bonds. The van der Waals surface area contributed by atoms with E-state index in [4.69, 9.17) is 16.3 Å². The van der Waals surface area contributed by atoms with Gasteiger partial charge in [-0.15, -0.1) is 0 Å². The third kappa shape index (κ3) is 6.51. The van der Waals surface area contributed by atoms with Gasteiger partial charge in [-0.25, -0.2) is 13.8 Å². The first-order chi connectivity index (χ1) is 15.8. The van der Waals surface area contributed by atoms with E-state index >= 15 is 0 Å². The fourth-order valence-corrected chi connectivity index (χ4v) is 2.94. The first kappa shape index (κ1) is 24.2. The molecule has 176 valence electrons. The summed E-state index contributed by atoms with van der Waals surface area (Å²) in [7, 11) is 1.30. The number of methoxy groups -OCH3 is 1. The fraction of sp³-hybridized carbons (Fsp3) is 0.333. The Morgan fingerprint density at radius 1 is 1.27 bits per heavy atom. The second-order valence-corrected chi connectivity index (χ2v) is 7.94. The number of anilines is 3. The number of nitrogens with zero attached hydrogens (tertiary/aromatic N) is 4. The fourth-order valence-electron chi connectivity index (χ4n) is 2.78. The summed E-state index contributed by atoms with van der Waals surface area (Å²) in [4.78, 5) is 20.3. The average molecular weight is 480 g/mol. The molecular formula is C21H24ClF2N7O2. The minimum Gasteiger partial charge on any atom is -0.494 e. The van der Waals surface area contributed by atoms with Gasteiger partial charge in [0.15, 0.2) is 17.4 Å². The van der Waals surface area contributed by atoms with Gasteiger partial charge in [0.25, 0.3) is 0 Å². The molecule has 0 spiro atoms. The quantitative estimate of drug-likeness (QED) is 0.406. The van der Waals surface area contributed by atoms with Gasteiger partial charge in [-0.05, 0) is 18.1 Å². The Kier molecular flexibility index (Phi) is 7.99. The number of nitrogens with one attached hydrogen (secondary N) is 3. The van der Waals surface area contributed by atoms with Crippen molar-refractivity contribution < 1.29 is 18.3 Å². The number of amides is 1. The van der Waals surface area contributed by atoms with Crippen LogP contribution in [0.15, 0.2) is 30.7 Å². The summed E-state index contributed by atoms with van der Waals surface area (Å²) in [5.74, 6) is -1.05. The number of carbonyl (C=O) groups is 1. The maximum atomic E-state index is 14.4. The van der Waals surface area contributed by atoms with Crippen LogP contribution in [0.4, 0.5) is 26.2 Å². The summed E-state index contributed by atoms with van der Waals surface area (Å²) in [6.07, 6.45) is 4.49. The van der Waals surface area contributed by atoms with Crippen molar-refractivity contribution in [1.82, 2.24) is 25.1 Å². The molecule has 3 N–H and O–H groups in total. The highest BCUT2D eigenvalue weighted by Crippen LogP contribution is 2.26. The normalized spacial score (nSPS) is 10.9. The van der Waals surface area contributed by atoms with Crippen LogP contribution in [0.1, 0.15) is 19.4 Å². The molecule has 0 saturated heterocycles. The van der Waals surface area contributed by atoms with Crippen LogP contribution >= 0.6 is 11.6 Å². The van der Waals surface area contributed by atoms with Crippen LogP contribution in [0.2, 0.25) is 5.02 Å². The van der Waals surface area contributed by atoms with Gasteiger partial charge < -0.3 is 20.7 Å². The summed E-state index contributed by atoms with van der Waals surface area (Å²) >= 11 is 6.13. The van der Waals surface area contributed by atoms with Crippen molar-refractivity contribution in [2.45, 2.75) is 26.9 Å². The maximum Gasteiger partial charge on any atom is 0.241 e. The van der Waals surface area contributed by atoms with Gasteiger partial charge in [0.05, 0.1) is 25.2 Å². The van der Waals surface area contributed by atoms with Crippen molar-refractivity contribution in [3.8, 4) is 5.75 Å². The second kappa shape index (κ2) is 10.9. The van der Waals surface area contributed by atoms with Gasteiger partial charge in [0.1, 0.15) is 17.4 Å². The van der Waals surface area contributed by atoms with Crippen molar-refractivity contribution >= 4 is 35.0 Å². The van der Waals surface area contributed by atoms with Gasteiger partial charge >= 0.3 is 0 Å². The van der Waals surface area contributed by atoms with Crippen LogP contribution in [-0.4, -0.2) is 39.3 Å². The molecule has 0 atom stereocenters. The van der Waals surface area contributed by atoms with Crippen molar-refractivity contribution in [1.29, 1.82) is 0 Å². The van der Waals surface area contributed by atoms with E-state index in [-0.39, 0.29) is 47.1 Å². The zero-order valence-corrected chi connectivity index (χ0v) is 19.1. The van der Waals surface area contributed by atoms with E-state index in [0.29, 0.717) is 18.2 Å². The molecule has 9 nitrogen and oxygen atoms in total. The van der Waals surface area contributed by atoms with Gasteiger partial charge in [-0.1, -0.05) is 25.4 Å². The SMILES string of the molecule is COc1ccc(F)c(CNc2nc(Nc3cnn(CC(=O)NCC(C)C)c3)ncc2Cl)c1F. The second-order valence-electron chi connectivity index (χ2n) is 7.54. The predicted octanol–water partition coefficient (Wildman–Crippen LogP) is 3.74. The predicted molar refractivity (Wildman–Crippen MR) is 121 cm³/mol. The monoisotopic (exact) mass is 479 g/mol. The van der Waals surface area contributed by atoms with Crippen molar-refractivity contribution in [3.05, 3.63) is 52.9 Å². The number of hydrogen-bond donors (Lipinski definition) is 3. The number of rotatable bonds is 10. The Morgan fingerprint density at radius 2 is 2.06 bits per heavy atom. The average Bonchev–Trinajstić information content (AvgIpc) is 3.20. The lowest BCUT2D eigenvalue weighted by atomic mass is 10.2. The maximum absolute atomic E-state index is 14.4. The highest BCUT2D eigenvalue weighted by molar-refractivity contribution is 6.32. The van der Waals surface area contributed by atoms with Crippen LogP contribution in [0.3, 0.4) is 0 Å². The van der Waals surface area contributed by atoms with Crippen LogP contribution in [0.25, 0.3) is 0 Å². The standard InChI is InChI=1S/C21H24ClF2N7O2/c1-12(2)6-25-18(32)11-31-10-13(7-28-31)29-21-27-9-15(22)20(30-21)26-8-14-16(23)4-5-17(33-3)19(14)24/h4-5,7,9-10,12H,6,8,11H2,1-3H3,(H,25,32)(H2,26,27,29,30). The van der Waals surface area contributed by atoms with Crippen LogP contribution in [0, 0.1) is 17.6 Å². The minimum absolute atomic E-state index is 0.0698. The van der Waals surface area contributed by atoms with E-state index < -0.39 is 11.6 Å². The zero-order chi connectivity index (χ0) is 24.0. The third-order valence-corrected chi connectivity index (χ3v) is 4.73. The molecule has 1 aromatic carbocycles. The summed E-state index contributed by atoms with van der Waals surface area (Å²) in [5, 5.41) is 12.9. The van der Waals surface area contributed by atoms with Crippen molar-refractivity contribution in [2.75, 3.05) is 24.3 Å². The topological polar surface area (TPSA) is 106 Å². The molecule has 0 saturated carbocycles. The molecule has 0 fully saturated rings. The molecule has 2 aromatic heterocycles. The molecule has 0 radical (unpaired) electrons. The molecule has 0 aliphatic heterocycles. The largest absolute Gasteiger partial charge is 0.494 e. The highest BCUT2D eigenvalue weighted by Gasteiger charge is 2.15. The molecule has 0 unspecified atom stereocenters. The number of ether oxygens (including phenoxy) is 1. The minimum atomic E-state index is -0.807. The van der Waals surface area contributed by atoms with Crippen LogP contribution in [0.5, 0.6) is 5.75 Å². The molecule has 3 rings (SSSR count). The van der Waals surface area contributed by atoms with E-state index in [9.17, 15) is 13.6 Å². The van der Waals surface area contributed by atoms with E-state index in [1.165, 1.54) is 30.3 Å². The Hall–Kier alpha value is -3.47. The summed E-state index contributed by atoms with van der Waals surface area (Å²) < 4.78 is 34.8. The summed E-state index contributed by atoms with van der Waals surface area (Å²) in [6, 6.07) is 2.33. The number of halogens is 3. The number of carbonyl (C=O) groups excluding carboxylic acids is 1. The molecule has 0 bridgehead atoms. The van der Waals surface area contributed by atoms with E-state index in [2.05, 4.69) is 31.0 Å². The highest BCUT2D eigenvalue weighted by atomic mass is 35.5. The molecule has 33 heavy (non-hydrogen) atoms. The van der Waals surface area contributed by atoms with Crippen LogP contribution in [-0.2, 0) is 17.9 Å². The number of hydrogen-bond acceptors (Lipinski definition) is 7. The number of aromatic nitrogens is 4. The Labute approximate surface area is 194 Å². The number of benzene rings is 1. The van der Waals surface area contributed by atoms with Crippen molar-refractivity contribution in [2.24, 2.45) is 5.92 Å². The molecule has 3 aromatic rings. The lowest BCUT2D eigenvalue weighted by Gasteiger charge is -2.12. The van der Waals surface area contributed by atoms with Gasteiger partial charge in [-0.3, -0.25) is 9.48 Å². The first-order valence-corrected chi connectivity index (χ1v) is 10.5. The van der Waals surface area contributed by atoms with Crippen LogP contribution < -0.4 is 20.7 Å². The van der Waals surface area contributed by atoms with E-state index in [1.807, 2.05) is 13.8 Å². The molecule has 12 heteroatoms. The first-order valence-electron chi connectivity index (χ1n) is 10.1. The smallest absolute Gasteiger partial charge is 0.241 e. The zero-order valence-electron chi connectivity index (χ0n) is 18.3.